The Bertz CT molecular complexity index is 1230. The number of fused-ring (bicyclic) bond motifs is 1. The first-order valence-electron chi connectivity index (χ1n) is 9.37. The number of halogens is 2. The molecule has 2 heterocycles. The van der Waals surface area contributed by atoms with Crippen LogP contribution in [0.1, 0.15) is 5.56 Å². The van der Waals surface area contributed by atoms with Gasteiger partial charge < -0.3 is 4.90 Å². The lowest BCUT2D eigenvalue weighted by Crippen LogP contribution is -2.47. The van der Waals surface area contributed by atoms with Crippen molar-refractivity contribution in [3.63, 3.8) is 0 Å². The van der Waals surface area contributed by atoms with Gasteiger partial charge in [-0.2, -0.15) is 0 Å². The van der Waals surface area contributed by atoms with E-state index < -0.39 is 0 Å². The van der Waals surface area contributed by atoms with Crippen LogP contribution in [0.25, 0.3) is 17.5 Å². The number of benzene rings is 2. The standard InChI is InChI=1S/C22H22ClFN4O/c1-26(13-15-6-5-7-16(24)12-15)14-20-21-18(10-11-27(20)2)25-28(22(21)29)19-9-4-3-8-17(19)23/h3-10,12,25H,11,13-14H2,1-2H3. The molecule has 7 heteroatoms. The van der Waals surface area contributed by atoms with Gasteiger partial charge in [0.25, 0.3) is 5.56 Å². The molecule has 0 bridgehead atoms. The first-order valence-corrected chi connectivity index (χ1v) is 9.75. The van der Waals surface area contributed by atoms with Gasteiger partial charge in [0.05, 0.1) is 21.3 Å². The molecule has 2 aromatic carbocycles. The Morgan fingerprint density at radius 2 is 1.97 bits per heavy atom. The van der Waals surface area contributed by atoms with E-state index in [4.69, 9.17) is 11.6 Å². The zero-order valence-corrected chi connectivity index (χ0v) is 17.1. The number of likely N-dealkylation sites (N-methyl/N-ethyl adjacent to an activating group) is 2. The van der Waals surface area contributed by atoms with Crippen molar-refractivity contribution in [1.82, 2.24) is 19.6 Å². The van der Waals surface area contributed by atoms with Crippen molar-refractivity contribution >= 4 is 23.4 Å². The summed E-state index contributed by atoms with van der Waals surface area (Å²) in [5.41, 5.74) is 2.30. The van der Waals surface area contributed by atoms with Crippen LogP contribution in [0.2, 0.25) is 5.02 Å². The normalized spacial score (nSPS) is 13.6. The molecule has 29 heavy (non-hydrogen) atoms. The van der Waals surface area contributed by atoms with E-state index in [1.807, 2.05) is 44.4 Å². The molecule has 1 aliphatic heterocycles. The van der Waals surface area contributed by atoms with Crippen molar-refractivity contribution in [3.8, 4) is 5.69 Å². The Labute approximate surface area is 172 Å². The van der Waals surface area contributed by atoms with Crippen molar-refractivity contribution in [2.45, 2.75) is 6.54 Å². The van der Waals surface area contributed by atoms with E-state index in [1.54, 1.807) is 12.1 Å². The Balaban J connectivity index is 1.74. The molecule has 1 aliphatic rings. The van der Waals surface area contributed by atoms with Gasteiger partial charge in [-0.3, -0.25) is 14.8 Å². The lowest BCUT2D eigenvalue weighted by Gasteiger charge is -2.27. The van der Waals surface area contributed by atoms with Crippen LogP contribution in [0.3, 0.4) is 0 Å². The van der Waals surface area contributed by atoms with Crippen LogP contribution in [0.5, 0.6) is 0 Å². The highest BCUT2D eigenvalue weighted by atomic mass is 35.5. The van der Waals surface area contributed by atoms with E-state index in [9.17, 15) is 9.18 Å². The number of nitrogens with zero attached hydrogens (tertiary/aromatic N) is 3. The largest absolute Gasteiger partial charge is 0.372 e. The fraction of sp³-hybridized carbons (Fsp3) is 0.227. The van der Waals surface area contributed by atoms with Crippen LogP contribution in [0.4, 0.5) is 4.39 Å². The van der Waals surface area contributed by atoms with Crippen LogP contribution in [-0.2, 0) is 6.54 Å². The minimum Gasteiger partial charge on any atom is -0.372 e. The van der Waals surface area contributed by atoms with Crippen LogP contribution < -0.4 is 16.1 Å². The molecule has 4 rings (SSSR count). The maximum Gasteiger partial charge on any atom is 0.280 e. The Hall–Kier alpha value is -2.83. The van der Waals surface area contributed by atoms with E-state index in [-0.39, 0.29) is 11.4 Å². The van der Waals surface area contributed by atoms with Gasteiger partial charge in [0, 0.05) is 32.4 Å². The average Bonchev–Trinajstić information content (AvgIpc) is 3.01. The minimum absolute atomic E-state index is 0.134. The third-order valence-corrected chi connectivity index (χ3v) is 5.41. The van der Waals surface area contributed by atoms with Crippen LogP contribution in [0.15, 0.2) is 53.3 Å². The van der Waals surface area contributed by atoms with Gasteiger partial charge in [0.15, 0.2) is 0 Å². The van der Waals surface area contributed by atoms with E-state index in [1.165, 1.54) is 16.8 Å². The zero-order valence-electron chi connectivity index (χ0n) is 16.3. The van der Waals surface area contributed by atoms with Gasteiger partial charge >= 0.3 is 0 Å². The fourth-order valence-corrected chi connectivity index (χ4v) is 3.89. The van der Waals surface area contributed by atoms with Gasteiger partial charge in [-0.25, -0.2) is 9.07 Å². The molecule has 0 aliphatic carbocycles. The molecular formula is C22H22ClFN4O. The molecule has 1 aromatic heterocycles. The molecule has 0 atom stereocenters. The number of H-pyrrole nitrogens is 1. The second kappa shape index (κ2) is 7.89. The summed E-state index contributed by atoms with van der Waals surface area (Å²) >= 11 is 6.30. The quantitative estimate of drug-likeness (QED) is 0.696. The minimum atomic E-state index is -0.247. The van der Waals surface area contributed by atoms with Crippen molar-refractivity contribution in [1.29, 1.82) is 0 Å². The van der Waals surface area contributed by atoms with Crippen molar-refractivity contribution < 1.29 is 4.39 Å². The monoisotopic (exact) mass is 412 g/mol. The van der Waals surface area contributed by atoms with Crippen LogP contribution in [0, 0.1) is 5.82 Å². The number of rotatable bonds is 5. The number of para-hydroxylation sites is 1. The molecule has 5 nitrogen and oxygen atoms in total. The second-order valence-electron chi connectivity index (χ2n) is 7.33. The number of aromatic amines is 1. The summed E-state index contributed by atoms with van der Waals surface area (Å²) in [6.45, 7) is 1.83. The topological polar surface area (TPSA) is 44.3 Å². The fourth-order valence-electron chi connectivity index (χ4n) is 3.67. The van der Waals surface area contributed by atoms with Gasteiger partial charge in [0.1, 0.15) is 5.82 Å². The summed E-state index contributed by atoms with van der Waals surface area (Å²) in [5, 5.41) is 5.13. The van der Waals surface area contributed by atoms with Crippen LogP contribution >= 0.6 is 11.6 Å². The molecule has 3 aromatic rings. The molecule has 0 saturated heterocycles. The Kier molecular flexibility index (Phi) is 5.30. The molecule has 0 unspecified atom stereocenters. The summed E-state index contributed by atoms with van der Waals surface area (Å²) in [5.74, 6) is -0.247. The Morgan fingerprint density at radius 1 is 1.17 bits per heavy atom. The van der Waals surface area contributed by atoms with Crippen molar-refractivity contribution in [2.24, 2.45) is 0 Å². The van der Waals surface area contributed by atoms with Gasteiger partial charge in [-0.05, 0) is 43.0 Å². The number of nitrogens with one attached hydrogen (secondary N) is 1. The first kappa shape index (κ1) is 19.5. The predicted molar refractivity (Wildman–Crippen MR) is 114 cm³/mol. The third-order valence-electron chi connectivity index (χ3n) is 5.09. The lowest BCUT2D eigenvalue weighted by atomic mass is 10.2. The highest BCUT2D eigenvalue weighted by Crippen LogP contribution is 2.17. The molecule has 1 N–H and O–H groups in total. The van der Waals surface area contributed by atoms with E-state index in [0.717, 1.165) is 16.6 Å². The highest BCUT2D eigenvalue weighted by molar-refractivity contribution is 6.32. The SMILES string of the molecule is CN(CC1=c2c([nH]n(-c3ccccc3Cl)c2=O)=CCN1C)Cc1cccc(F)c1. The summed E-state index contributed by atoms with van der Waals surface area (Å²) in [6.07, 6.45) is 2.00. The van der Waals surface area contributed by atoms with Gasteiger partial charge in [-0.1, -0.05) is 35.9 Å². The summed E-state index contributed by atoms with van der Waals surface area (Å²) < 4.78 is 15.0. The van der Waals surface area contributed by atoms with Crippen molar-refractivity contribution in [2.75, 3.05) is 27.2 Å². The molecular weight excluding hydrogens is 391 g/mol. The van der Waals surface area contributed by atoms with Crippen LogP contribution in [-0.4, -0.2) is 46.8 Å². The third kappa shape index (κ3) is 3.86. The summed E-state index contributed by atoms with van der Waals surface area (Å²) in [6, 6.07) is 13.8. The number of hydrogen-bond donors (Lipinski definition) is 1. The number of hydrogen-bond acceptors (Lipinski definition) is 3. The molecule has 150 valence electrons. The summed E-state index contributed by atoms with van der Waals surface area (Å²) in [7, 11) is 3.93. The maximum absolute atomic E-state index is 13.5. The van der Waals surface area contributed by atoms with Crippen molar-refractivity contribution in [3.05, 3.63) is 85.9 Å². The average molecular weight is 413 g/mol. The maximum atomic E-state index is 13.5. The zero-order chi connectivity index (χ0) is 20.5. The molecule has 0 saturated carbocycles. The molecule has 0 fully saturated rings. The first-order chi connectivity index (χ1) is 13.9. The van der Waals surface area contributed by atoms with E-state index in [0.29, 0.717) is 35.6 Å². The highest BCUT2D eigenvalue weighted by Gasteiger charge is 2.18. The van der Waals surface area contributed by atoms with Gasteiger partial charge in [0.2, 0.25) is 0 Å². The molecule has 0 spiro atoms. The Morgan fingerprint density at radius 3 is 2.72 bits per heavy atom. The predicted octanol–water partition coefficient (Wildman–Crippen LogP) is 1.92. The smallest absolute Gasteiger partial charge is 0.280 e. The van der Waals surface area contributed by atoms with E-state index >= 15 is 0 Å². The lowest BCUT2D eigenvalue weighted by molar-refractivity contribution is 0.343. The van der Waals surface area contributed by atoms with E-state index in [2.05, 4.69) is 14.9 Å². The molecule has 0 amide bonds. The number of aromatic nitrogens is 2. The van der Waals surface area contributed by atoms with Gasteiger partial charge in [-0.15, -0.1) is 0 Å². The summed E-state index contributed by atoms with van der Waals surface area (Å²) in [4.78, 5) is 17.4. The second-order valence-corrected chi connectivity index (χ2v) is 7.73. The molecule has 0 radical (unpaired) electrons.